The standard InChI is InChI=1S/C7H10ClN3O/c8-7-11-10-6(12-7)5-2-1-3-9-4-5/h5,9H,1-4H2. The summed E-state index contributed by atoms with van der Waals surface area (Å²) in [5, 5.41) is 10.9. The van der Waals surface area contributed by atoms with Gasteiger partial charge in [-0.2, -0.15) is 0 Å². The fraction of sp³-hybridized carbons (Fsp3) is 0.714. The van der Waals surface area contributed by atoms with Gasteiger partial charge in [-0.25, -0.2) is 0 Å². The van der Waals surface area contributed by atoms with Crippen LogP contribution in [-0.4, -0.2) is 23.3 Å². The van der Waals surface area contributed by atoms with E-state index in [9.17, 15) is 0 Å². The number of halogens is 1. The van der Waals surface area contributed by atoms with Crippen molar-refractivity contribution < 1.29 is 4.42 Å². The predicted octanol–water partition coefficient (Wildman–Crippen LogP) is 1.19. The van der Waals surface area contributed by atoms with E-state index in [-0.39, 0.29) is 5.35 Å². The van der Waals surface area contributed by atoms with Crippen molar-refractivity contribution in [2.75, 3.05) is 13.1 Å². The highest BCUT2D eigenvalue weighted by Crippen LogP contribution is 2.22. The maximum absolute atomic E-state index is 5.52. The van der Waals surface area contributed by atoms with Crippen molar-refractivity contribution in [3.63, 3.8) is 0 Å². The molecule has 1 saturated heterocycles. The van der Waals surface area contributed by atoms with Gasteiger partial charge < -0.3 is 9.73 Å². The van der Waals surface area contributed by atoms with Crippen LogP contribution in [0.15, 0.2) is 4.42 Å². The second-order valence-corrected chi connectivity index (χ2v) is 3.26. The lowest BCUT2D eigenvalue weighted by Crippen LogP contribution is -2.28. The summed E-state index contributed by atoms with van der Waals surface area (Å²) in [7, 11) is 0. The Morgan fingerprint density at radius 3 is 3.00 bits per heavy atom. The molecule has 1 aliphatic heterocycles. The van der Waals surface area contributed by atoms with E-state index in [1.807, 2.05) is 0 Å². The minimum Gasteiger partial charge on any atom is -0.412 e. The molecule has 2 heterocycles. The second kappa shape index (κ2) is 3.41. The lowest BCUT2D eigenvalue weighted by molar-refractivity contribution is 0.377. The first-order chi connectivity index (χ1) is 5.86. The minimum absolute atomic E-state index is 0.135. The van der Waals surface area contributed by atoms with Crippen LogP contribution >= 0.6 is 11.6 Å². The molecule has 0 aliphatic carbocycles. The molecule has 0 amide bonds. The maximum Gasteiger partial charge on any atom is 0.312 e. The van der Waals surface area contributed by atoms with Crippen molar-refractivity contribution >= 4 is 11.6 Å². The predicted molar refractivity (Wildman–Crippen MR) is 44.2 cm³/mol. The quantitative estimate of drug-likeness (QED) is 0.718. The van der Waals surface area contributed by atoms with E-state index in [1.165, 1.54) is 0 Å². The zero-order chi connectivity index (χ0) is 8.39. The van der Waals surface area contributed by atoms with Crippen LogP contribution in [0.2, 0.25) is 5.35 Å². The van der Waals surface area contributed by atoms with Gasteiger partial charge in [-0.3, -0.25) is 0 Å². The van der Waals surface area contributed by atoms with Crippen LogP contribution in [-0.2, 0) is 0 Å². The molecule has 1 N–H and O–H groups in total. The molecule has 2 rings (SSSR count). The van der Waals surface area contributed by atoms with Crippen LogP contribution in [0.4, 0.5) is 0 Å². The highest BCUT2D eigenvalue weighted by molar-refractivity contribution is 6.27. The molecule has 5 heteroatoms. The normalized spacial score (nSPS) is 24.2. The SMILES string of the molecule is Clc1nnc(C2CCCNC2)o1. The summed E-state index contributed by atoms with van der Waals surface area (Å²) in [6, 6.07) is 0. The number of rotatable bonds is 1. The van der Waals surface area contributed by atoms with E-state index in [0.29, 0.717) is 11.8 Å². The average Bonchev–Trinajstić information content (AvgIpc) is 2.54. The lowest BCUT2D eigenvalue weighted by Gasteiger charge is -2.18. The third kappa shape index (κ3) is 1.59. The van der Waals surface area contributed by atoms with E-state index in [0.717, 1.165) is 25.9 Å². The van der Waals surface area contributed by atoms with Crippen molar-refractivity contribution in [1.29, 1.82) is 0 Å². The molecular formula is C7H10ClN3O. The van der Waals surface area contributed by atoms with Crippen molar-refractivity contribution in [3.05, 3.63) is 11.2 Å². The van der Waals surface area contributed by atoms with Gasteiger partial charge in [0.05, 0.1) is 0 Å². The number of aromatic nitrogens is 2. The van der Waals surface area contributed by atoms with Gasteiger partial charge >= 0.3 is 5.35 Å². The molecule has 0 radical (unpaired) electrons. The Morgan fingerprint density at radius 2 is 2.42 bits per heavy atom. The highest BCUT2D eigenvalue weighted by atomic mass is 35.5. The van der Waals surface area contributed by atoms with Crippen LogP contribution in [0.5, 0.6) is 0 Å². The molecule has 0 aromatic carbocycles. The number of hydrogen-bond donors (Lipinski definition) is 1. The van der Waals surface area contributed by atoms with Crippen molar-refractivity contribution in [2.45, 2.75) is 18.8 Å². The number of nitrogens with zero attached hydrogens (tertiary/aromatic N) is 2. The third-order valence-electron chi connectivity index (χ3n) is 2.06. The summed E-state index contributed by atoms with van der Waals surface area (Å²) in [5.74, 6) is 1.01. The maximum atomic E-state index is 5.52. The molecule has 4 nitrogen and oxygen atoms in total. The van der Waals surface area contributed by atoms with Gasteiger partial charge in [0.1, 0.15) is 0 Å². The summed E-state index contributed by atoms with van der Waals surface area (Å²) < 4.78 is 5.13. The smallest absolute Gasteiger partial charge is 0.312 e. The highest BCUT2D eigenvalue weighted by Gasteiger charge is 2.20. The first-order valence-electron chi connectivity index (χ1n) is 4.06. The van der Waals surface area contributed by atoms with Gasteiger partial charge in [0, 0.05) is 12.5 Å². The minimum atomic E-state index is 0.135. The molecule has 1 unspecified atom stereocenters. The van der Waals surface area contributed by atoms with Gasteiger partial charge in [-0.1, -0.05) is 5.10 Å². The zero-order valence-corrected chi connectivity index (χ0v) is 7.34. The Balaban J connectivity index is 2.08. The van der Waals surface area contributed by atoms with Crippen LogP contribution in [0.1, 0.15) is 24.7 Å². The third-order valence-corrected chi connectivity index (χ3v) is 2.21. The molecule has 1 aliphatic rings. The summed E-state index contributed by atoms with van der Waals surface area (Å²) in [5.41, 5.74) is 0. The fourth-order valence-electron chi connectivity index (χ4n) is 1.44. The number of nitrogens with one attached hydrogen (secondary N) is 1. The van der Waals surface area contributed by atoms with Gasteiger partial charge in [-0.05, 0) is 31.0 Å². The van der Waals surface area contributed by atoms with Gasteiger partial charge in [0.25, 0.3) is 0 Å². The summed E-state index contributed by atoms with van der Waals surface area (Å²) in [4.78, 5) is 0. The average molecular weight is 188 g/mol. The summed E-state index contributed by atoms with van der Waals surface area (Å²) in [6.45, 7) is 2.00. The molecule has 1 aromatic rings. The lowest BCUT2D eigenvalue weighted by atomic mass is 10.00. The molecule has 1 aromatic heterocycles. The fourth-order valence-corrected chi connectivity index (χ4v) is 1.56. The Kier molecular flexibility index (Phi) is 2.28. The Morgan fingerprint density at radius 1 is 1.50 bits per heavy atom. The molecule has 1 atom stereocenters. The number of piperidine rings is 1. The molecule has 12 heavy (non-hydrogen) atoms. The Labute approximate surface area is 75.3 Å². The van der Waals surface area contributed by atoms with Crippen LogP contribution < -0.4 is 5.32 Å². The van der Waals surface area contributed by atoms with E-state index in [1.54, 1.807) is 0 Å². The Bertz CT molecular complexity index is 257. The van der Waals surface area contributed by atoms with Crippen molar-refractivity contribution in [1.82, 2.24) is 15.5 Å². The Hall–Kier alpha value is -0.610. The van der Waals surface area contributed by atoms with E-state index in [2.05, 4.69) is 15.5 Å². The molecule has 0 spiro atoms. The van der Waals surface area contributed by atoms with Crippen molar-refractivity contribution in [2.24, 2.45) is 0 Å². The monoisotopic (exact) mass is 187 g/mol. The molecule has 1 fully saturated rings. The van der Waals surface area contributed by atoms with E-state index < -0.39 is 0 Å². The van der Waals surface area contributed by atoms with Gasteiger partial charge in [0.2, 0.25) is 5.89 Å². The van der Waals surface area contributed by atoms with Gasteiger partial charge in [0.15, 0.2) is 0 Å². The van der Waals surface area contributed by atoms with E-state index in [4.69, 9.17) is 16.0 Å². The first-order valence-corrected chi connectivity index (χ1v) is 4.43. The summed E-state index contributed by atoms with van der Waals surface area (Å²) >= 11 is 5.52. The van der Waals surface area contributed by atoms with Crippen molar-refractivity contribution in [3.8, 4) is 0 Å². The van der Waals surface area contributed by atoms with Gasteiger partial charge in [-0.15, -0.1) is 5.10 Å². The van der Waals surface area contributed by atoms with Crippen LogP contribution in [0.3, 0.4) is 0 Å². The number of hydrogen-bond acceptors (Lipinski definition) is 4. The van der Waals surface area contributed by atoms with Crippen LogP contribution in [0.25, 0.3) is 0 Å². The molecule has 0 bridgehead atoms. The van der Waals surface area contributed by atoms with E-state index >= 15 is 0 Å². The molecule has 0 saturated carbocycles. The zero-order valence-electron chi connectivity index (χ0n) is 6.59. The second-order valence-electron chi connectivity index (χ2n) is 2.94. The molecular weight excluding hydrogens is 178 g/mol. The summed E-state index contributed by atoms with van der Waals surface area (Å²) in [6.07, 6.45) is 2.26. The van der Waals surface area contributed by atoms with Crippen LogP contribution in [0, 0.1) is 0 Å². The first kappa shape index (κ1) is 8.01. The largest absolute Gasteiger partial charge is 0.412 e. The molecule has 66 valence electrons. The topological polar surface area (TPSA) is 51.0 Å².